The Kier molecular flexibility index (Phi) is 19.7. The van der Waals surface area contributed by atoms with E-state index in [2.05, 4.69) is 12.2 Å². The van der Waals surface area contributed by atoms with E-state index in [1.165, 1.54) is 96.8 Å². The number of carbonyl (C=O) groups excluding carboxylic acids is 3. The molecule has 1 aliphatic rings. The molecule has 0 bridgehead atoms. The Morgan fingerprint density at radius 1 is 0.822 bits per heavy atom. The van der Waals surface area contributed by atoms with Crippen LogP contribution in [0.1, 0.15) is 129 Å². The first-order chi connectivity index (χ1) is 21.8. The van der Waals surface area contributed by atoms with Gasteiger partial charge in [0.15, 0.2) is 6.20 Å². The summed E-state index contributed by atoms with van der Waals surface area (Å²) < 4.78 is 24.8. The van der Waals surface area contributed by atoms with Gasteiger partial charge in [-0.3, -0.25) is 9.00 Å². The Morgan fingerprint density at radius 3 is 1.87 bits per heavy atom. The number of amides is 3. The van der Waals surface area contributed by atoms with Crippen LogP contribution < -0.4 is 9.88 Å². The maximum Gasteiger partial charge on any atom is 0.417 e. The predicted octanol–water partition coefficient (Wildman–Crippen LogP) is 7.22. The van der Waals surface area contributed by atoms with Gasteiger partial charge in [0, 0.05) is 47.9 Å². The van der Waals surface area contributed by atoms with Crippen molar-refractivity contribution in [1.29, 1.82) is 0 Å². The lowest BCUT2D eigenvalue weighted by atomic mass is 9.94. The maximum absolute atomic E-state index is 12.9. The molecule has 2 rings (SSSR count). The van der Waals surface area contributed by atoms with E-state index in [4.69, 9.17) is 9.47 Å². The Hall–Kier alpha value is -2.49. The van der Waals surface area contributed by atoms with Gasteiger partial charge in [0.2, 0.25) is 11.6 Å². The number of rotatable bonds is 24. The summed E-state index contributed by atoms with van der Waals surface area (Å²) in [6, 6.07) is 5.60. The van der Waals surface area contributed by atoms with Gasteiger partial charge in [-0.2, -0.15) is 0 Å². The van der Waals surface area contributed by atoms with Crippen LogP contribution in [0, 0.1) is 5.41 Å². The fraction of sp³-hybridized carbons (Fsp3) is 0.771. The molecule has 10 heteroatoms. The van der Waals surface area contributed by atoms with E-state index >= 15 is 0 Å². The second kappa shape index (κ2) is 22.9. The third-order valence-corrected chi connectivity index (χ3v) is 10.4. The first-order valence-electron chi connectivity index (χ1n) is 17.5. The molecule has 2 heterocycles. The second-order valence-corrected chi connectivity index (χ2v) is 14.1. The van der Waals surface area contributed by atoms with E-state index in [1.807, 2.05) is 35.9 Å². The molecule has 1 fully saturated rings. The molecule has 1 aromatic rings. The van der Waals surface area contributed by atoms with Crippen LogP contribution in [-0.2, 0) is 38.2 Å². The largest absolute Gasteiger partial charge is 0.449 e. The van der Waals surface area contributed by atoms with Crippen molar-refractivity contribution in [2.75, 3.05) is 31.3 Å². The molecule has 3 amide bonds. The fourth-order valence-corrected chi connectivity index (χ4v) is 7.32. The number of alkyl carbamates (subject to hydrolysis) is 1. The van der Waals surface area contributed by atoms with Gasteiger partial charge >= 0.3 is 12.2 Å². The number of aromatic nitrogens is 1. The van der Waals surface area contributed by atoms with E-state index in [-0.39, 0.29) is 31.3 Å². The molecular weight excluding hydrogens is 590 g/mol. The summed E-state index contributed by atoms with van der Waals surface area (Å²) in [5.41, 5.74) is 0.0981. The molecule has 0 unspecified atom stereocenters. The normalized spacial score (nSPS) is 17.4. The highest BCUT2D eigenvalue weighted by Crippen LogP contribution is 2.31. The molecule has 1 aromatic heterocycles. The van der Waals surface area contributed by atoms with Crippen LogP contribution in [0.5, 0.6) is 0 Å². The smallest absolute Gasteiger partial charge is 0.417 e. The number of hydrogen-bond acceptors (Lipinski definition) is 6. The Labute approximate surface area is 274 Å². The number of imide groups is 1. The summed E-state index contributed by atoms with van der Waals surface area (Å²) in [4.78, 5) is 38.5. The minimum atomic E-state index is -1.05. The monoisotopic (exact) mass is 650 g/mol. The molecule has 9 nitrogen and oxygen atoms in total. The lowest BCUT2D eigenvalue weighted by Crippen LogP contribution is -2.53. The highest BCUT2D eigenvalue weighted by Gasteiger charge is 2.46. The standard InChI is InChI=1S/C35H59N3O6S/c1-4-6-7-8-9-10-11-12-13-14-15-16-17-18-19-21-24-36-33(40)43-27-35(29-45(42)30-35)28-44-34(41)38(31(3)39)26-32-23-20-22-25-37(32)5-2/h20,22-23,25H,4-19,21,24,26-30H2,1-3H3/p+1. The molecule has 1 aliphatic heterocycles. The van der Waals surface area contributed by atoms with Crippen molar-refractivity contribution >= 4 is 28.9 Å². The summed E-state index contributed by atoms with van der Waals surface area (Å²) in [6.07, 6.45) is 21.4. The summed E-state index contributed by atoms with van der Waals surface area (Å²) in [5.74, 6) is 0.130. The molecule has 45 heavy (non-hydrogen) atoms. The molecule has 0 spiro atoms. The van der Waals surface area contributed by atoms with E-state index in [9.17, 15) is 18.6 Å². The van der Waals surface area contributed by atoms with Crippen LogP contribution in [0.25, 0.3) is 0 Å². The number of ether oxygens (including phenoxy) is 2. The summed E-state index contributed by atoms with van der Waals surface area (Å²) in [7, 11) is -1.05. The average Bonchev–Trinajstić information content (AvgIpc) is 3.01. The van der Waals surface area contributed by atoms with Gasteiger partial charge in [0.1, 0.15) is 26.3 Å². The molecule has 1 N–H and O–H groups in total. The van der Waals surface area contributed by atoms with Gasteiger partial charge in [-0.1, -0.05) is 109 Å². The molecule has 0 atom stereocenters. The van der Waals surface area contributed by atoms with Gasteiger partial charge in [-0.15, -0.1) is 0 Å². The lowest BCUT2D eigenvalue weighted by molar-refractivity contribution is -0.701. The predicted molar refractivity (Wildman–Crippen MR) is 179 cm³/mol. The molecule has 0 aliphatic carbocycles. The molecule has 0 radical (unpaired) electrons. The first-order valence-corrected chi connectivity index (χ1v) is 19.0. The van der Waals surface area contributed by atoms with Gasteiger partial charge < -0.3 is 14.8 Å². The zero-order valence-electron chi connectivity index (χ0n) is 28.3. The van der Waals surface area contributed by atoms with Crippen LogP contribution in [0.4, 0.5) is 9.59 Å². The van der Waals surface area contributed by atoms with Crippen molar-refractivity contribution in [3.05, 3.63) is 30.1 Å². The highest BCUT2D eigenvalue weighted by molar-refractivity contribution is 7.86. The first kappa shape index (κ1) is 38.7. The number of carbonyl (C=O) groups is 3. The quantitative estimate of drug-likeness (QED) is 0.0936. The van der Waals surface area contributed by atoms with Crippen molar-refractivity contribution in [1.82, 2.24) is 10.2 Å². The van der Waals surface area contributed by atoms with Crippen molar-refractivity contribution in [3.8, 4) is 0 Å². The molecule has 256 valence electrons. The number of nitrogens with one attached hydrogen (secondary N) is 1. The fourth-order valence-electron chi connectivity index (χ4n) is 5.71. The van der Waals surface area contributed by atoms with E-state index in [1.54, 1.807) is 0 Å². The van der Waals surface area contributed by atoms with E-state index in [0.29, 0.717) is 13.1 Å². The molecule has 0 saturated carbocycles. The average molecular weight is 651 g/mol. The number of unbranched alkanes of at least 4 members (excludes halogenated alkanes) is 15. The third kappa shape index (κ3) is 16.1. The van der Waals surface area contributed by atoms with E-state index in [0.717, 1.165) is 23.4 Å². The van der Waals surface area contributed by atoms with Crippen molar-refractivity contribution in [2.45, 2.75) is 137 Å². The van der Waals surface area contributed by atoms with Crippen LogP contribution in [0.3, 0.4) is 0 Å². The van der Waals surface area contributed by atoms with Gasteiger partial charge in [-0.25, -0.2) is 19.1 Å². The summed E-state index contributed by atoms with van der Waals surface area (Å²) in [5, 5.41) is 2.80. The van der Waals surface area contributed by atoms with Crippen molar-refractivity contribution < 1.29 is 32.6 Å². The minimum Gasteiger partial charge on any atom is -0.449 e. The summed E-state index contributed by atoms with van der Waals surface area (Å²) >= 11 is 0. The third-order valence-electron chi connectivity index (χ3n) is 8.54. The molecule has 0 aromatic carbocycles. The topological polar surface area (TPSA) is 106 Å². The van der Waals surface area contributed by atoms with Crippen molar-refractivity contribution in [3.63, 3.8) is 0 Å². The van der Waals surface area contributed by atoms with Gasteiger partial charge in [0.25, 0.3) is 0 Å². The Bertz CT molecular complexity index is 1030. The summed E-state index contributed by atoms with van der Waals surface area (Å²) in [6.45, 7) is 6.84. The number of hydrogen-bond donors (Lipinski definition) is 1. The molecule has 1 saturated heterocycles. The van der Waals surface area contributed by atoms with Gasteiger partial charge in [0.05, 0.1) is 5.41 Å². The van der Waals surface area contributed by atoms with Crippen LogP contribution in [-0.4, -0.2) is 58.5 Å². The Morgan fingerprint density at radius 2 is 1.36 bits per heavy atom. The maximum atomic E-state index is 12.9. The van der Waals surface area contributed by atoms with Gasteiger partial charge in [-0.05, 0) is 13.3 Å². The zero-order chi connectivity index (χ0) is 32.8. The van der Waals surface area contributed by atoms with Crippen LogP contribution in [0.15, 0.2) is 24.4 Å². The number of nitrogens with zero attached hydrogens (tertiary/aromatic N) is 2. The Balaban J connectivity index is 1.55. The van der Waals surface area contributed by atoms with E-state index < -0.39 is 34.3 Å². The minimum absolute atomic E-state index is 0.00536. The SMILES string of the molecule is CCCCCCCCCCCCCCCCCCNC(=O)OCC1(COC(=O)N(Cc2cccc[n+]2CC)C(C)=O)CS(=O)C1. The zero-order valence-corrected chi connectivity index (χ0v) is 29.1. The lowest BCUT2D eigenvalue weighted by Gasteiger charge is -2.39. The number of pyridine rings is 1. The second-order valence-electron chi connectivity index (χ2n) is 12.7. The van der Waals surface area contributed by atoms with Crippen molar-refractivity contribution in [2.24, 2.45) is 5.41 Å². The highest BCUT2D eigenvalue weighted by atomic mass is 32.2. The molecular formula is C35H60N3O6S+. The number of aryl methyl sites for hydroxylation is 1. The van der Waals surface area contributed by atoms with Crippen LogP contribution >= 0.6 is 0 Å². The van der Waals surface area contributed by atoms with Crippen LogP contribution in [0.2, 0.25) is 0 Å².